The number of hydrogen-bond acceptors (Lipinski definition) is 3. The third kappa shape index (κ3) is 5.09. The molecule has 0 aliphatic heterocycles. The van der Waals surface area contributed by atoms with Gasteiger partial charge in [-0.1, -0.05) is 194 Å². The lowest BCUT2D eigenvalue weighted by Crippen LogP contribution is -2.28. The van der Waals surface area contributed by atoms with Crippen LogP contribution in [-0.4, -0.2) is 15.0 Å². The smallest absolute Gasteiger partial charge is 0.164 e. The molecule has 8 aromatic carbocycles. The molecule has 0 amide bonds. The van der Waals surface area contributed by atoms with Gasteiger partial charge < -0.3 is 0 Å². The highest BCUT2D eigenvalue weighted by molar-refractivity contribution is 6.01. The van der Waals surface area contributed by atoms with Gasteiger partial charge >= 0.3 is 0 Å². The van der Waals surface area contributed by atoms with Gasteiger partial charge in [-0.05, 0) is 61.3 Å². The Balaban J connectivity index is 1.21. The van der Waals surface area contributed by atoms with Crippen molar-refractivity contribution in [1.82, 2.24) is 15.0 Å². The van der Waals surface area contributed by atoms with Gasteiger partial charge in [0, 0.05) is 16.7 Å². The van der Waals surface area contributed by atoms with E-state index in [0.29, 0.717) is 17.5 Å². The maximum Gasteiger partial charge on any atom is 0.164 e. The SMILES string of the molecule is c1ccc(-c2ccc(-c3nc(-c4ccccc4)nc(-c4ccc5ccc6c(c5c4)C(c4ccccc4)(c4ccccc4)c4ccccc4-6)n3)cc2)cc1. The fraction of sp³-hybridized carbons (Fsp3) is 0.0200. The molecule has 0 unspecified atom stereocenters. The number of hydrogen-bond donors (Lipinski definition) is 0. The molecule has 0 saturated heterocycles. The van der Waals surface area contributed by atoms with E-state index in [-0.39, 0.29) is 0 Å². The molecule has 1 heterocycles. The van der Waals surface area contributed by atoms with Crippen LogP contribution in [0.15, 0.2) is 200 Å². The van der Waals surface area contributed by atoms with Crippen LogP contribution < -0.4 is 0 Å². The summed E-state index contributed by atoms with van der Waals surface area (Å²) in [6, 6.07) is 71.1. The Morgan fingerprint density at radius 2 is 0.755 bits per heavy atom. The quantitative estimate of drug-likeness (QED) is 0.176. The second-order valence-corrected chi connectivity index (χ2v) is 13.6. The van der Waals surface area contributed by atoms with Crippen molar-refractivity contribution >= 4 is 10.8 Å². The molecule has 0 radical (unpaired) electrons. The Bertz CT molecular complexity index is 2700. The standard InChI is InChI=1S/C50H33N3/c1-5-15-34(16-6-1)35-25-28-38(29-26-35)48-51-47(37-17-7-2-8-18-37)52-49(53-48)39-30-27-36-31-32-43-42-23-13-14-24-45(42)50(46(43)44(36)33-39,40-19-9-3-10-20-40)41-21-11-4-12-22-41/h1-33H. The summed E-state index contributed by atoms with van der Waals surface area (Å²) in [7, 11) is 0. The highest BCUT2D eigenvalue weighted by Crippen LogP contribution is 2.58. The minimum Gasteiger partial charge on any atom is -0.208 e. The third-order valence-corrected chi connectivity index (χ3v) is 10.6. The molecule has 3 nitrogen and oxygen atoms in total. The van der Waals surface area contributed by atoms with Gasteiger partial charge in [0.05, 0.1) is 5.41 Å². The zero-order valence-electron chi connectivity index (χ0n) is 28.9. The largest absolute Gasteiger partial charge is 0.208 e. The summed E-state index contributed by atoms with van der Waals surface area (Å²) in [4.78, 5) is 15.3. The second kappa shape index (κ2) is 12.7. The number of rotatable bonds is 6. The lowest BCUT2D eigenvalue weighted by Gasteiger charge is -2.34. The van der Waals surface area contributed by atoms with E-state index in [1.165, 1.54) is 49.7 Å². The average Bonchev–Trinajstić information content (AvgIpc) is 3.56. The molecule has 1 aliphatic rings. The molecule has 0 bridgehead atoms. The maximum absolute atomic E-state index is 5.17. The lowest BCUT2D eigenvalue weighted by molar-refractivity contribution is 0.775. The molecular weight excluding hydrogens is 643 g/mol. The predicted molar refractivity (Wildman–Crippen MR) is 216 cm³/mol. The zero-order valence-corrected chi connectivity index (χ0v) is 28.9. The number of fused-ring (bicyclic) bond motifs is 5. The summed E-state index contributed by atoms with van der Waals surface area (Å²) in [5, 5.41) is 2.35. The van der Waals surface area contributed by atoms with Crippen molar-refractivity contribution in [2.45, 2.75) is 5.41 Å². The van der Waals surface area contributed by atoms with E-state index in [1.54, 1.807) is 0 Å². The van der Waals surface area contributed by atoms with Crippen LogP contribution in [0, 0.1) is 0 Å². The van der Waals surface area contributed by atoms with Crippen LogP contribution in [0.1, 0.15) is 22.3 Å². The van der Waals surface area contributed by atoms with Crippen molar-refractivity contribution in [3.63, 3.8) is 0 Å². The van der Waals surface area contributed by atoms with Crippen LogP contribution >= 0.6 is 0 Å². The summed E-state index contributed by atoms with van der Waals surface area (Å²) in [5.41, 5.74) is 12.2. The number of benzene rings is 8. The average molecular weight is 676 g/mol. The van der Waals surface area contributed by atoms with Crippen LogP contribution in [0.2, 0.25) is 0 Å². The monoisotopic (exact) mass is 675 g/mol. The van der Waals surface area contributed by atoms with Crippen molar-refractivity contribution in [3.8, 4) is 56.4 Å². The van der Waals surface area contributed by atoms with Crippen molar-refractivity contribution in [2.75, 3.05) is 0 Å². The molecule has 3 heteroatoms. The van der Waals surface area contributed by atoms with E-state index < -0.39 is 5.41 Å². The molecule has 0 fully saturated rings. The molecule has 10 rings (SSSR count). The van der Waals surface area contributed by atoms with Gasteiger partial charge in [-0.2, -0.15) is 0 Å². The van der Waals surface area contributed by atoms with Gasteiger partial charge in [-0.25, -0.2) is 15.0 Å². The Kier molecular flexibility index (Phi) is 7.36. The first-order chi connectivity index (χ1) is 26.3. The third-order valence-electron chi connectivity index (χ3n) is 10.6. The van der Waals surface area contributed by atoms with E-state index in [4.69, 9.17) is 15.0 Å². The van der Waals surface area contributed by atoms with Crippen molar-refractivity contribution in [3.05, 3.63) is 222 Å². The van der Waals surface area contributed by atoms with Crippen molar-refractivity contribution in [2.24, 2.45) is 0 Å². The molecule has 1 aliphatic carbocycles. The maximum atomic E-state index is 5.17. The summed E-state index contributed by atoms with van der Waals surface area (Å²) < 4.78 is 0. The molecule has 0 saturated carbocycles. The zero-order chi connectivity index (χ0) is 35.2. The van der Waals surface area contributed by atoms with E-state index in [0.717, 1.165) is 22.3 Å². The van der Waals surface area contributed by atoms with E-state index in [1.807, 2.05) is 24.3 Å². The normalized spacial score (nSPS) is 12.7. The fourth-order valence-corrected chi connectivity index (χ4v) is 8.20. The topological polar surface area (TPSA) is 38.7 Å². The highest BCUT2D eigenvalue weighted by atomic mass is 15.0. The van der Waals surface area contributed by atoms with Crippen LogP contribution in [0.4, 0.5) is 0 Å². The van der Waals surface area contributed by atoms with Crippen LogP contribution in [0.5, 0.6) is 0 Å². The van der Waals surface area contributed by atoms with Crippen molar-refractivity contribution in [1.29, 1.82) is 0 Å². The summed E-state index contributed by atoms with van der Waals surface area (Å²) in [6.07, 6.45) is 0. The summed E-state index contributed by atoms with van der Waals surface area (Å²) in [6.45, 7) is 0. The molecule has 248 valence electrons. The van der Waals surface area contributed by atoms with Crippen LogP contribution in [0.25, 0.3) is 67.2 Å². The molecule has 1 aromatic heterocycles. The minimum atomic E-state index is -0.521. The molecule has 0 spiro atoms. The predicted octanol–water partition coefficient (Wildman–Crippen LogP) is 12.1. The van der Waals surface area contributed by atoms with E-state index in [2.05, 4.69) is 176 Å². The molecule has 9 aromatic rings. The molecule has 0 N–H and O–H groups in total. The fourth-order valence-electron chi connectivity index (χ4n) is 8.20. The number of aromatic nitrogens is 3. The van der Waals surface area contributed by atoms with Crippen LogP contribution in [0.3, 0.4) is 0 Å². The molecule has 0 atom stereocenters. The Morgan fingerprint density at radius 1 is 0.321 bits per heavy atom. The molecular formula is C50H33N3. The Hall–Kier alpha value is -6.97. The van der Waals surface area contributed by atoms with Gasteiger partial charge in [0.1, 0.15) is 0 Å². The van der Waals surface area contributed by atoms with Gasteiger partial charge in [0.25, 0.3) is 0 Å². The van der Waals surface area contributed by atoms with Gasteiger partial charge in [-0.15, -0.1) is 0 Å². The van der Waals surface area contributed by atoms with Gasteiger partial charge in [0.15, 0.2) is 17.5 Å². The van der Waals surface area contributed by atoms with Crippen molar-refractivity contribution < 1.29 is 0 Å². The van der Waals surface area contributed by atoms with E-state index in [9.17, 15) is 0 Å². The highest BCUT2D eigenvalue weighted by Gasteiger charge is 2.47. The van der Waals surface area contributed by atoms with E-state index >= 15 is 0 Å². The summed E-state index contributed by atoms with van der Waals surface area (Å²) >= 11 is 0. The molecule has 53 heavy (non-hydrogen) atoms. The lowest BCUT2D eigenvalue weighted by atomic mass is 9.66. The first-order valence-corrected chi connectivity index (χ1v) is 18.0. The second-order valence-electron chi connectivity index (χ2n) is 13.6. The minimum absolute atomic E-state index is 0.521. The Labute approximate surface area is 309 Å². The van der Waals surface area contributed by atoms with Gasteiger partial charge in [-0.3, -0.25) is 0 Å². The Morgan fingerprint density at radius 3 is 1.38 bits per heavy atom. The summed E-state index contributed by atoms with van der Waals surface area (Å²) in [5.74, 6) is 1.93. The first-order valence-electron chi connectivity index (χ1n) is 18.0. The van der Waals surface area contributed by atoms with Crippen LogP contribution in [-0.2, 0) is 5.41 Å². The number of nitrogens with zero attached hydrogens (tertiary/aromatic N) is 3. The van der Waals surface area contributed by atoms with Gasteiger partial charge in [0.2, 0.25) is 0 Å². The first kappa shape index (κ1) is 30.8.